The van der Waals surface area contributed by atoms with Gasteiger partial charge < -0.3 is 14.8 Å². The highest BCUT2D eigenvalue weighted by molar-refractivity contribution is 5.79. The first-order chi connectivity index (χ1) is 10.5. The lowest BCUT2D eigenvalue weighted by Crippen LogP contribution is -2.31. The van der Waals surface area contributed by atoms with Crippen LogP contribution in [0.2, 0.25) is 0 Å². The lowest BCUT2D eigenvalue weighted by molar-refractivity contribution is -0.137. The number of carbonyl (C=O) groups is 2. The highest BCUT2D eigenvalue weighted by Gasteiger charge is 2.20. The maximum Gasteiger partial charge on any atom is 0.305 e. The molecule has 0 aliphatic carbocycles. The van der Waals surface area contributed by atoms with Crippen LogP contribution in [-0.4, -0.2) is 17.0 Å². The molecule has 2 N–H and O–H groups in total. The van der Waals surface area contributed by atoms with Crippen molar-refractivity contribution in [1.82, 2.24) is 5.32 Å². The summed E-state index contributed by atoms with van der Waals surface area (Å²) in [5.41, 5.74) is 2.67. The minimum Gasteiger partial charge on any atom is -0.481 e. The third-order valence-corrected chi connectivity index (χ3v) is 3.57. The van der Waals surface area contributed by atoms with Gasteiger partial charge >= 0.3 is 5.97 Å². The summed E-state index contributed by atoms with van der Waals surface area (Å²) in [5, 5.41) is 11.9. The topological polar surface area (TPSA) is 79.5 Å². The van der Waals surface area contributed by atoms with Crippen molar-refractivity contribution in [3.05, 3.63) is 59.0 Å². The van der Waals surface area contributed by atoms with E-state index in [1.54, 1.807) is 6.07 Å². The summed E-state index contributed by atoms with van der Waals surface area (Å²) in [4.78, 5) is 23.3. The summed E-state index contributed by atoms with van der Waals surface area (Å²) in [6.07, 6.45) is 1.47. The average Bonchev–Trinajstić information content (AvgIpc) is 2.83. The van der Waals surface area contributed by atoms with E-state index in [1.807, 2.05) is 38.1 Å². The molecule has 0 bridgehead atoms. The van der Waals surface area contributed by atoms with Gasteiger partial charge in [-0.1, -0.05) is 24.3 Å². The Hall–Kier alpha value is -2.56. The highest BCUT2D eigenvalue weighted by atomic mass is 16.4. The number of aliphatic carboxylic acids is 1. The molecule has 1 aromatic carbocycles. The molecule has 5 heteroatoms. The number of carboxylic acids is 1. The van der Waals surface area contributed by atoms with E-state index >= 15 is 0 Å². The fraction of sp³-hybridized carbons (Fsp3) is 0.294. The molecular formula is C17H19NO4. The number of rotatable bonds is 6. The van der Waals surface area contributed by atoms with Crippen molar-refractivity contribution in [2.45, 2.75) is 32.7 Å². The standard InChI is InChI=1S/C17H19NO4/c1-11-5-3-4-6-13(11)14(9-17(20)21)18-16(19)10-15-12(2)7-8-22-15/h3-8,14H,9-10H2,1-2H3,(H,18,19)(H,20,21)/t14-/m0/s1. The Morgan fingerprint density at radius 1 is 1.18 bits per heavy atom. The molecule has 2 rings (SSSR count). The van der Waals surface area contributed by atoms with Crippen LogP contribution < -0.4 is 5.32 Å². The van der Waals surface area contributed by atoms with E-state index in [-0.39, 0.29) is 18.7 Å². The summed E-state index contributed by atoms with van der Waals surface area (Å²) in [6.45, 7) is 3.76. The number of hydrogen-bond donors (Lipinski definition) is 2. The van der Waals surface area contributed by atoms with E-state index in [4.69, 9.17) is 9.52 Å². The first-order valence-electron chi connectivity index (χ1n) is 7.07. The Balaban J connectivity index is 2.13. The van der Waals surface area contributed by atoms with Crippen molar-refractivity contribution in [3.8, 4) is 0 Å². The Kier molecular flexibility index (Phi) is 4.99. The number of furan rings is 1. The Bertz CT molecular complexity index is 675. The van der Waals surface area contributed by atoms with Crippen LogP contribution in [0.25, 0.3) is 0 Å². The summed E-state index contributed by atoms with van der Waals surface area (Å²) in [7, 11) is 0. The summed E-state index contributed by atoms with van der Waals surface area (Å²) >= 11 is 0. The second-order valence-electron chi connectivity index (χ2n) is 5.28. The largest absolute Gasteiger partial charge is 0.481 e. The van der Waals surface area contributed by atoms with Crippen molar-refractivity contribution < 1.29 is 19.1 Å². The number of amides is 1. The molecule has 1 atom stereocenters. The van der Waals surface area contributed by atoms with Gasteiger partial charge in [0.15, 0.2) is 0 Å². The fourth-order valence-electron chi connectivity index (χ4n) is 2.37. The fourth-order valence-corrected chi connectivity index (χ4v) is 2.37. The predicted octanol–water partition coefficient (Wildman–Crippen LogP) is 2.77. The van der Waals surface area contributed by atoms with E-state index < -0.39 is 12.0 Å². The maximum absolute atomic E-state index is 12.2. The van der Waals surface area contributed by atoms with Gasteiger partial charge in [-0.25, -0.2) is 0 Å². The Morgan fingerprint density at radius 3 is 2.50 bits per heavy atom. The monoisotopic (exact) mass is 301 g/mol. The minimum atomic E-state index is -0.956. The highest BCUT2D eigenvalue weighted by Crippen LogP contribution is 2.21. The zero-order valence-electron chi connectivity index (χ0n) is 12.6. The Morgan fingerprint density at radius 2 is 1.91 bits per heavy atom. The van der Waals surface area contributed by atoms with E-state index in [9.17, 15) is 9.59 Å². The molecule has 22 heavy (non-hydrogen) atoms. The summed E-state index contributed by atoms with van der Waals surface area (Å²) in [6, 6.07) is 8.68. The summed E-state index contributed by atoms with van der Waals surface area (Å²) < 4.78 is 5.25. The zero-order chi connectivity index (χ0) is 16.1. The molecule has 0 aliphatic rings. The summed E-state index contributed by atoms with van der Waals surface area (Å²) in [5.74, 6) is -0.619. The van der Waals surface area contributed by atoms with Gasteiger partial charge in [0.1, 0.15) is 5.76 Å². The predicted molar refractivity (Wildman–Crippen MR) is 81.5 cm³/mol. The third kappa shape index (κ3) is 3.97. The first-order valence-corrected chi connectivity index (χ1v) is 7.07. The van der Waals surface area contributed by atoms with Crippen LogP contribution in [-0.2, 0) is 16.0 Å². The molecule has 1 heterocycles. The van der Waals surface area contributed by atoms with Gasteiger partial charge in [0, 0.05) is 0 Å². The Labute approximate surface area is 129 Å². The molecule has 116 valence electrons. The molecule has 1 amide bonds. The number of carbonyl (C=O) groups excluding carboxylic acids is 1. The molecule has 0 spiro atoms. The van der Waals surface area contributed by atoms with Crippen molar-refractivity contribution in [2.75, 3.05) is 0 Å². The molecule has 0 radical (unpaired) electrons. The quantitative estimate of drug-likeness (QED) is 0.860. The van der Waals surface area contributed by atoms with E-state index in [1.165, 1.54) is 6.26 Å². The van der Waals surface area contributed by atoms with Crippen molar-refractivity contribution >= 4 is 11.9 Å². The number of carboxylic acid groups (broad SMARTS) is 1. The van der Waals surface area contributed by atoms with Crippen molar-refractivity contribution in [3.63, 3.8) is 0 Å². The molecule has 5 nitrogen and oxygen atoms in total. The molecule has 0 unspecified atom stereocenters. The number of benzene rings is 1. The van der Waals surface area contributed by atoms with Crippen LogP contribution in [0.15, 0.2) is 41.0 Å². The van der Waals surface area contributed by atoms with Gasteiger partial charge in [0.25, 0.3) is 0 Å². The van der Waals surface area contributed by atoms with Crippen LogP contribution in [0.4, 0.5) is 0 Å². The maximum atomic E-state index is 12.2. The lowest BCUT2D eigenvalue weighted by Gasteiger charge is -2.19. The van der Waals surface area contributed by atoms with Gasteiger partial charge in [-0.2, -0.15) is 0 Å². The molecule has 2 aromatic rings. The molecule has 0 aliphatic heterocycles. The van der Waals surface area contributed by atoms with Gasteiger partial charge in [0.05, 0.1) is 25.1 Å². The van der Waals surface area contributed by atoms with Crippen LogP contribution in [0.1, 0.15) is 34.9 Å². The van der Waals surface area contributed by atoms with Crippen LogP contribution >= 0.6 is 0 Å². The molecule has 0 saturated heterocycles. The average molecular weight is 301 g/mol. The van der Waals surface area contributed by atoms with Crippen LogP contribution in [0.5, 0.6) is 0 Å². The first kappa shape index (κ1) is 15.8. The van der Waals surface area contributed by atoms with Crippen molar-refractivity contribution in [1.29, 1.82) is 0 Å². The van der Waals surface area contributed by atoms with E-state index in [0.29, 0.717) is 5.76 Å². The van der Waals surface area contributed by atoms with E-state index in [0.717, 1.165) is 16.7 Å². The second kappa shape index (κ2) is 6.93. The molecule has 0 saturated carbocycles. The molecule has 1 aromatic heterocycles. The third-order valence-electron chi connectivity index (χ3n) is 3.57. The van der Waals surface area contributed by atoms with E-state index in [2.05, 4.69) is 5.32 Å². The van der Waals surface area contributed by atoms with Gasteiger partial charge in [-0.3, -0.25) is 9.59 Å². The zero-order valence-corrected chi connectivity index (χ0v) is 12.6. The van der Waals surface area contributed by atoms with Crippen molar-refractivity contribution in [2.24, 2.45) is 0 Å². The smallest absolute Gasteiger partial charge is 0.305 e. The SMILES string of the molecule is Cc1ccccc1[C@H](CC(=O)O)NC(=O)Cc1occc1C. The minimum absolute atomic E-state index is 0.0980. The lowest BCUT2D eigenvalue weighted by atomic mass is 9.98. The number of nitrogens with one attached hydrogen (secondary N) is 1. The van der Waals surface area contributed by atoms with Crippen LogP contribution in [0.3, 0.4) is 0 Å². The van der Waals surface area contributed by atoms with Gasteiger partial charge in [0.2, 0.25) is 5.91 Å². The van der Waals surface area contributed by atoms with Gasteiger partial charge in [-0.05, 0) is 36.6 Å². The van der Waals surface area contributed by atoms with Gasteiger partial charge in [-0.15, -0.1) is 0 Å². The molecule has 0 fully saturated rings. The normalized spacial score (nSPS) is 11.9. The number of aryl methyl sites for hydroxylation is 2. The second-order valence-corrected chi connectivity index (χ2v) is 5.28. The van der Waals surface area contributed by atoms with Crippen LogP contribution in [0, 0.1) is 13.8 Å². The number of hydrogen-bond acceptors (Lipinski definition) is 3. The molecular weight excluding hydrogens is 282 g/mol.